The lowest BCUT2D eigenvalue weighted by Gasteiger charge is -2.29. The summed E-state index contributed by atoms with van der Waals surface area (Å²) >= 11 is 0. The molecule has 2 aliphatic rings. The Bertz CT molecular complexity index is 1250. The number of ether oxygens (including phenoxy) is 2. The van der Waals surface area contributed by atoms with Crippen molar-refractivity contribution in [2.45, 2.75) is 58.1 Å². The monoisotopic (exact) mass is 528 g/mol. The summed E-state index contributed by atoms with van der Waals surface area (Å²) in [6.07, 6.45) is 5.01. The first-order valence-electron chi connectivity index (χ1n) is 14.0. The number of carbonyl (C=O) groups excluding carboxylic acids is 2. The minimum Gasteiger partial charge on any atom is -0.494 e. The van der Waals surface area contributed by atoms with E-state index in [9.17, 15) is 9.59 Å². The van der Waals surface area contributed by atoms with Crippen molar-refractivity contribution in [3.63, 3.8) is 0 Å². The lowest BCUT2D eigenvalue weighted by Crippen LogP contribution is -2.37. The topological polar surface area (TPSA) is 68.3 Å². The molecule has 3 aromatic carbocycles. The van der Waals surface area contributed by atoms with Gasteiger partial charge in [-0.3, -0.25) is 14.4 Å². The van der Waals surface area contributed by atoms with Crippen molar-refractivity contribution in [1.82, 2.24) is 0 Å². The summed E-state index contributed by atoms with van der Waals surface area (Å²) in [5.74, 6) is 0.161. The number of amides is 2. The lowest BCUT2D eigenvalue weighted by atomic mass is 9.90. The number of nitrogens with zero attached hydrogens (tertiary/aromatic N) is 2. The molecule has 204 valence electrons. The Morgan fingerprint density at radius 1 is 0.718 bits per heavy atom. The molecule has 3 aromatic rings. The maximum absolute atomic E-state index is 13.8. The van der Waals surface area contributed by atoms with E-state index in [-0.39, 0.29) is 11.8 Å². The number of fused-ring (bicyclic) bond motifs is 1. The van der Waals surface area contributed by atoms with Crippen molar-refractivity contribution in [3.05, 3.63) is 84.4 Å². The third kappa shape index (κ3) is 5.64. The lowest BCUT2D eigenvalue weighted by molar-refractivity contribution is -0.126. The Balaban J connectivity index is 1.37. The molecule has 0 N–H and O–H groups in total. The van der Waals surface area contributed by atoms with Crippen molar-refractivity contribution in [1.29, 1.82) is 0 Å². The summed E-state index contributed by atoms with van der Waals surface area (Å²) in [5.41, 5.74) is 2.19. The number of imide groups is 1. The van der Waals surface area contributed by atoms with Crippen molar-refractivity contribution in [3.8, 4) is 11.5 Å². The van der Waals surface area contributed by atoms with Crippen LogP contribution in [0.5, 0.6) is 11.5 Å². The molecular formula is C32H36N2O5. The fourth-order valence-corrected chi connectivity index (χ4v) is 5.32. The Kier molecular flexibility index (Phi) is 8.47. The van der Waals surface area contributed by atoms with Gasteiger partial charge in [-0.05, 0) is 67.4 Å². The third-order valence-electron chi connectivity index (χ3n) is 7.27. The number of hydrogen-bond donors (Lipinski definition) is 0. The Hall–Kier alpha value is -3.84. The van der Waals surface area contributed by atoms with E-state index in [4.69, 9.17) is 14.3 Å². The van der Waals surface area contributed by atoms with E-state index in [0.717, 1.165) is 23.4 Å². The van der Waals surface area contributed by atoms with Crippen LogP contribution < -0.4 is 19.4 Å². The van der Waals surface area contributed by atoms with Gasteiger partial charge in [0.15, 0.2) is 6.10 Å². The van der Waals surface area contributed by atoms with Gasteiger partial charge in [0.25, 0.3) is 5.91 Å². The average molecular weight is 529 g/mol. The van der Waals surface area contributed by atoms with Crippen LogP contribution in [0.15, 0.2) is 78.9 Å². The normalized spacial score (nSPS) is 20.4. The molecule has 2 heterocycles. The molecule has 3 atom stereocenters. The first-order valence-corrected chi connectivity index (χ1v) is 14.0. The summed E-state index contributed by atoms with van der Waals surface area (Å²) in [7, 11) is 0. The van der Waals surface area contributed by atoms with E-state index in [0.29, 0.717) is 24.7 Å². The second-order valence-electron chi connectivity index (χ2n) is 9.93. The third-order valence-corrected chi connectivity index (χ3v) is 7.27. The van der Waals surface area contributed by atoms with Gasteiger partial charge in [0.2, 0.25) is 5.91 Å². The molecule has 0 radical (unpaired) electrons. The van der Waals surface area contributed by atoms with Crippen molar-refractivity contribution in [2.75, 3.05) is 23.2 Å². The van der Waals surface area contributed by atoms with Gasteiger partial charge in [0.05, 0.1) is 30.6 Å². The molecule has 2 saturated heterocycles. The summed E-state index contributed by atoms with van der Waals surface area (Å²) in [4.78, 5) is 34.8. The van der Waals surface area contributed by atoms with Gasteiger partial charge in [0, 0.05) is 0 Å². The van der Waals surface area contributed by atoms with Gasteiger partial charge in [0.1, 0.15) is 17.4 Å². The zero-order valence-electron chi connectivity index (χ0n) is 22.6. The van der Waals surface area contributed by atoms with E-state index in [1.807, 2.05) is 61.5 Å². The molecule has 0 saturated carbocycles. The van der Waals surface area contributed by atoms with Gasteiger partial charge in [-0.2, -0.15) is 0 Å². The van der Waals surface area contributed by atoms with E-state index >= 15 is 0 Å². The van der Waals surface area contributed by atoms with Crippen LogP contribution in [0.1, 0.15) is 57.6 Å². The average Bonchev–Trinajstić information content (AvgIpc) is 3.48. The van der Waals surface area contributed by atoms with E-state index in [2.05, 4.69) is 6.92 Å². The molecule has 39 heavy (non-hydrogen) atoms. The zero-order valence-corrected chi connectivity index (χ0v) is 22.6. The number of benzene rings is 3. The Morgan fingerprint density at radius 3 is 2.08 bits per heavy atom. The first-order chi connectivity index (χ1) is 19.1. The fourth-order valence-electron chi connectivity index (χ4n) is 5.32. The highest BCUT2D eigenvalue weighted by atomic mass is 16.7. The second-order valence-corrected chi connectivity index (χ2v) is 9.93. The van der Waals surface area contributed by atoms with Gasteiger partial charge in [-0.15, -0.1) is 0 Å². The molecule has 0 bridgehead atoms. The molecule has 5 rings (SSSR count). The van der Waals surface area contributed by atoms with E-state index in [1.54, 1.807) is 29.3 Å². The van der Waals surface area contributed by atoms with Crippen molar-refractivity contribution in [2.24, 2.45) is 5.92 Å². The first kappa shape index (κ1) is 26.8. The maximum atomic E-state index is 13.8. The number of anilines is 2. The molecule has 2 aliphatic heterocycles. The number of para-hydroxylation sites is 1. The molecule has 0 aliphatic carbocycles. The zero-order chi connectivity index (χ0) is 27.2. The Morgan fingerprint density at radius 2 is 1.38 bits per heavy atom. The highest BCUT2D eigenvalue weighted by molar-refractivity contribution is 6.23. The Labute approximate surface area is 230 Å². The van der Waals surface area contributed by atoms with Gasteiger partial charge in [-0.1, -0.05) is 62.9 Å². The van der Waals surface area contributed by atoms with Crippen LogP contribution in [0, 0.1) is 5.92 Å². The minimum atomic E-state index is -0.909. The number of carbonyl (C=O) groups is 2. The van der Waals surface area contributed by atoms with Gasteiger partial charge >= 0.3 is 0 Å². The molecular weight excluding hydrogens is 492 g/mol. The summed E-state index contributed by atoms with van der Waals surface area (Å²) < 4.78 is 11.5. The van der Waals surface area contributed by atoms with Crippen LogP contribution >= 0.6 is 0 Å². The van der Waals surface area contributed by atoms with E-state index in [1.165, 1.54) is 30.6 Å². The molecule has 0 unspecified atom stereocenters. The molecule has 0 spiro atoms. The smallest absolute Gasteiger partial charge is 0.266 e. The van der Waals surface area contributed by atoms with Crippen LogP contribution in [0.4, 0.5) is 11.4 Å². The number of rotatable bonds is 12. The molecule has 7 nitrogen and oxygen atoms in total. The molecule has 2 amide bonds. The van der Waals surface area contributed by atoms with Gasteiger partial charge < -0.3 is 9.47 Å². The maximum Gasteiger partial charge on any atom is 0.266 e. The SMILES string of the molecule is CCCCCCCOc1ccc([C@H]2[C@@H]3C(=O)N(c4ccc(OCC)cc4)C(=O)[C@H]3ON2c2ccccc2)cc1. The predicted octanol–water partition coefficient (Wildman–Crippen LogP) is 6.49. The second kappa shape index (κ2) is 12.3. The van der Waals surface area contributed by atoms with Crippen LogP contribution in [-0.4, -0.2) is 31.1 Å². The number of hydroxylamine groups is 1. The number of unbranched alkanes of at least 4 members (excludes halogenated alkanes) is 4. The standard InChI is InChI=1S/C32H36N2O5/c1-3-5-6-7-11-22-38-27-18-14-23(15-19-27)29-28-30(39-34(29)25-12-9-8-10-13-25)32(36)33(31(28)35)24-16-20-26(21-17-24)37-4-2/h8-10,12-21,28-30H,3-7,11,22H2,1-2H3/t28-,29-,30-/m0/s1. The quantitative estimate of drug-likeness (QED) is 0.198. The highest BCUT2D eigenvalue weighted by Gasteiger charge is 2.60. The molecule has 2 fully saturated rings. The van der Waals surface area contributed by atoms with E-state index < -0.39 is 18.1 Å². The highest BCUT2D eigenvalue weighted by Crippen LogP contribution is 2.47. The largest absolute Gasteiger partial charge is 0.494 e. The van der Waals surface area contributed by atoms with Crippen molar-refractivity contribution >= 4 is 23.2 Å². The summed E-state index contributed by atoms with van der Waals surface area (Å²) in [5, 5.41) is 1.71. The minimum absolute atomic E-state index is 0.273. The number of hydrogen-bond acceptors (Lipinski definition) is 6. The fraction of sp³-hybridized carbons (Fsp3) is 0.375. The molecule has 0 aromatic heterocycles. The van der Waals surface area contributed by atoms with Gasteiger partial charge in [-0.25, -0.2) is 9.96 Å². The summed E-state index contributed by atoms with van der Waals surface area (Å²) in [6.45, 7) is 5.34. The van der Waals surface area contributed by atoms with Crippen LogP contribution in [-0.2, 0) is 14.4 Å². The van der Waals surface area contributed by atoms with Crippen LogP contribution in [0.2, 0.25) is 0 Å². The molecule has 7 heteroatoms. The van der Waals surface area contributed by atoms with Crippen LogP contribution in [0.3, 0.4) is 0 Å². The van der Waals surface area contributed by atoms with Crippen molar-refractivity contribution < 1.29 is 23.9 Å². The summed E-state index contributed by atoms with van der Waals surface area (Å²) in [6, 6.07) is 23.9. The predicted molar refractivity (Wildman–Crippen MR) is 151 cm³/mol. The van der Waals surface area contributed by atoms with Crippen LogP contribution in [0.25, 0.3) is 0 Å².